The molecule has 3 fully saturated rings. The van der Waals surface area contributed by atoms with Gasteiger partial charge in [0.1, 0.15) is 0 Å². The van der Waals surface area contributed by atoms with Gasteiger partial charge in [0.25, 0.3) is 0 Å². The minimum absolute atomic E-state index is 0.0557. The number of fused-ring (bicyclic) bond motifs is 5. The maximum Gasteiger partial charge on any atom is 0.307 e. The fraction of sp³-hybridized carbons (Fsp3) is 0.655. The number of thiocarbonyl (C=S) groups is 1. The predicted octanol–water partition coefficient (Wildman–Crippen LogP) is 5.54. The van der Waals surface area contributed by atoms with Crippen molar-refractivity contribution >= 4 is 28.8 Å². The highest BCUT2D eigenvalue weighted by Gasteiger charge is 2.64. The van der Waals surface area contributed by atoms with E-state index in [9.17, 15) is 14.7 Å². The van der Waals surface area contributed by atoms with Crippen molar-refractivity contribution in [1.82, 2.24) is 9.88 Å². The van der Waals surface area contributed by atoms with Gasteiger partial charge >= 0.3 is 5.97 Å². The van der Waals surface area contributed by atoms with Crippen LogP contribution in [0.2, 0.25) is 0 Å². The van der Waals surface area contributed by atoms with E-state index in [1.54, 1.807) is 6.08 Å². The number of rotatable bonds is 3. The molecule has 2 heterocycles. The van der Waals surface area contributed by atoms with E-state index in [4.69, 9.17) is 12.2 Å². The first-order chi connectivity index (χ1) is 16.4. The number of hydrogen-bond donors (Lipinski definition) is 1. The molecule has 5 rings (SSSR count). The Morgan fingerprint density at radius 1 is 1.14 bits per heavy atom. The zero-order valence-electron chi connectivity index (χ0n) is 21.6. The van der Waals surface area contributed by atoms with Crippen LogP contribution < -0.4 is 0 Å². The largest absolute Gasteiger partial charge is 0.481 e. The molecule has 0 spiro atoms. The van der Waals surface area contributed by atoms with Gasteiger partial charge in [-0.1, -0.05) is 32.1 Å². The van der Waals surface area contributed by atoms with E-state index in [1.165, 1.54) is 0 Å². The second kappa shape index (κ2) is 8.22. The molecule has 6 heteroatoms. The van der Waals surface area contributed by atoms with Crippen LogP contribution in [0.25, 0.3) is 0 Å². The number of likely N-dealkylation sites (tertiary alicyclic amines) is 1. The van der Waals surface area contributed by atoms with E-state index in [1.807, 2.05) is 24.4 Å². The molecule has 7 atom stereocenters. The third-order valence-electron chi connectivity index (χ3n) is 10.2. The van der Waals surface area contributed by atoms with Gasteiger partial charge in [-0.15, -0.1) is 0 Å². The zero-order valence-corrected chi connectivity index (χ0v) is 22.4. The van der Waals surface area contributed by atoms with Gasteiger partial charge in [0.2, 0.25) is 0 Å². The Hall–Kier alpha value is -2.08. The highest BCUT2D eigenvalue weighted by atomic mass is 32.1. The van der Waals surface area contributed by atoms with Crippen LogP contribution in [0, 0.1) is 40.4 Å². The molecule has 2 saturated carbocycles. The van der Waals surface area contributed by atoms with E-state index >= 15 is 0 Å². The van der Waals surface area contributed by atoms with E-state index in [0.29, 0.717) is 17.8 Å². The predicted molar refractivity (Wildman–Crippen MR) is 140 cm³/mol. The summed E-state index contributed by atoms with van der Waals surface area (Å²) >= 11 is 6.03. The van der Waals surface area contributed by atoms with E-state index in [0.717, 1.165) is 48.5 Å². The molecule has 5 nitrogen and oxygen atoms in total. The number of aliphatic carboxylic acids is 1. The topological polar surface area (TPSA) is 70.5 Å². The summed E-state index contributed by atoms with van der Waals surface area (Å²) in [6.07, 6.45) is 7.89. The molecular weight excluding hydrogens is 456 g/mol. The van der Waals surface area contributed by atoms with Gasteiger partial charge in [0.15, 0.2) is 5.78 Å². The molecule has 0 radical (unpaired) electrons. The van der Waals surface area contributed by atoms with E-state index < -0.39 is 17.3 Å². The zero-order chi connectivity index (χ0) is 25.3. The number of piperidine rings is 1. The smallest absolute Gasteiger partial charge is 0.307 e. The molecule has 0 bridgehead atoms. The van der Waals surface area contributed by atoms with Crippen LogP contribution in [0.15, 0.2) is 36.2 Å². The number of allylic oxidation sites excluding steroid dienone is 2. The lowest BCUT2D eigenvalue weighted by molar-refractivity contribution is -0.160. The monoisotopic (exact) mass is 494 g/mol. The van der Waals surface area contributed by atoms with Gasteiger partial charge in [-0.25, -0.2) is 0 Å². The van der Waals surface area contributed by atoms with E-state index in [-0.39, 0.29) is 29.1 Å². The lowest BCUT2D eigenvalue weighted by atomic mass is 9.47. The van der Waals surface area contributed by atoms with Crippen molar-refractivity contribution < 1.29 is 14.7 Å². The fourth-order valence-electron chi connectivity index (χ4n) is 8.47. The molecule has 35 heavy (non-hydrogen) atoms. The van der Waals surface area contributed by atoms with Crippen LogP contribution in [0.5, 0.6) is 0 Å². The summed E-state index contributed by atoms with van der Waals surface area (Å²) < 4.78 is 0. The molecule has 1 unspecified atom stereocenters. The van der Waals surface area contributed by atoms with Crippen molar-refractivity contribution in [2.24, 2.45) is 40.4 Å². The summed E-state index contributed by atoms with van der Waals surface area (Å²) in [4.78, 5) is 33.2. The molecule has 1 N–H and O–H groups in total. The molecule has 1 aromatic rings. The molecule has 1 saturated heterocycles. The Bertz CT molecular complexity index is 1090. The van der Waals surface area contributed by atoms with E-state index in [2.05, 4.69) is 44.5 Å². The van der Waals surface area contributed by atoms with Gasteiger partial charge < -0.3 is 10.0 Å². The number of hydrogen-bond acceptors (Lipinski definition) is 5. The number of carbonyl (C=O) groups is 2. The third kappa shape index (κ3) is 3.61. The normalized spacial score (nSPS) is 38.8. The molecule has 1 aromatic heterocycles. The minimum Gasteiger partial charge on any atom is -0.481 e. The third-order valence-corrected chi connectivity index (χ3v) is 10.7. The van der Waals surface area contributed by atoms with Crippen molar-refractivity contribution in [2.75, 3.05) is 6.54 Å². The first-order valence-corrected chi connectivity index (χ1v) is 13.5. The van der Waals surface area contributed by atoms with Crippen molar-refractivity contribution in [1.29, 1.82) is 0 Å². The number of carbonyl (C=O) groups excluding carboxylic acids is 1. The maximum absolute atomic E-state index is 12.7. The molecular formula is C29H38N2O3S. The molecule has 0 amide bonds. The summed E-state index contributed by atoms with van der Waals surface area (Å²) in [5, 5.41) is 10.3. The summed E-state index contributed by atoms with van der Waals surface area (Å²) in [6, 6.07) is 5.97. The first-order valence-electron chi connectivity index (χ1n) is 13.1. The Balaban J connectivity index is 1.56. The van der Waals surface area contributed by atoms with Crippen LogP contribution in [-0.2, 0) is 9.59 Å². The summed E-state index contributed by atoms with van der Waals surface area (Å²) in [5.74, 6) is -0.153. The maximum atomic E-state index is 12.7. The summed E-state index contributed by atoms with van der Waals surface area (Å²) in [6.45, 7) is 12.0. The number of carboxylic acids is 1. The van der Waals surface area contributed by atoms with Gasteiger partial charge in [0, 0.05) is 52.7 Å². The van der Waals surface area contributed by atoms with Gasteiger partial charge in [-0.05, 0) is 81.8 Å². The number of carboxylic acid groups (broad SMARTS) is 1. The summed E-state index contributed by atoms with van der Waals surface area (Å²) in [7, 11) is 0. The fourth-order valence-corrected chi connectivity index (χ4v) is 8.98. The standard InChI is InChI=1S/C29H38N2O3S/c1-27(2,3)31-16-18-19-9-10-21(25(35)23-8-6-7-13-30-23)28(19,4)12-11-20(18)29(5)22(26(33)34)14-17(32)15-24(29)31/h6-8,13,15,18-22H,9-12,14,16H2,1-5H3,(H,33,34)/t18-,19-,20-,21+,22?,28-,29-/m0/s1. The van der Waals surface area contributed by atoms with Gasteiger partial charge in [-0.3, -0.25) is 14.6 Å². The van der Waals surface area contributed by atoms with Crippen molar-refractivity contribution in [3.8, 4) is 0 Å². The first kappa shape index (κ1) is 24.6. The second-order valence-corrected chi connectivity index (χ2v) is 13.2. The average Bonchev–Trinajstić information content (AvgIpc) is 3.15. The highest BCUT2D eigenvalue weighted by Crippen LogP contribution is 2.67. The van der Waals surface area contributed by atoms with Crippen LogP contribution in [0.3, 0.4) is 0 Å². The van der Waals surface area contributed by atoms with Crippen LogP contribution in [0.1, 0.15) is 72.4 Å². The Kier molecular flexibility index (Phi) is 5.78. The Morgan fingerprint density at radius 2 is 1.89 bits per heavy atom. The highest BCUT2D eigenvalue weighted by molar-refractivity contribution is 7.80. The molecule has 188 valence electrons. The SMILES string of the molecule is CC(C)(C)N1C[C@H]2[C@@H]3CC[C@H](C(=S)c4ccccn4)[C@@]3(C)CC[C@@H]2[C@]2(C)C1=CC(=O)CC2C(=O)O. The molecule has 3 aliphatic carbocycles. The summed E-state index contributed by atoms with van der Waals surface area (Å²) in [5.41, 5.74) is 1.22. The lowest BCUT2D eigenvalue weighted by Crippen LogP contribution is -2.64. The van der Waals surface area contributed by atoms with Gasteiger partial charge in [0.05, 0.1) is 11.6 Å². The molecule has 4 aliphatic rings. The quantitative estimate of drug-likeness (QED) is 0.440. The molecule has 0 aromatic carbocycles. The second-order valence-electron chi connectivity index (χ2n) is 12.8. The Labute approximate surface area is 214 Å². The van der Waals surface area contributed by atoms with Crippen molar-refractivity contribution in [3.63, 3.8) is 0 Å². The van der Waals surface area contributed by atoms with Crippen LogP contribution in [-0.4, -0.2) is 43.7 Å². The van der Waals surface area contributed by atoms with Crippen molar-refractivity contribution in [3.05, 3.63) is 41.9 Å². The number of pyridine rings is 1. The van der Waals surface area contributed by atoms with Crippen LogP contribution in [0.4, 0.5) is 0 Å². The minimum atomic E-state index is -0.838. The Morgan fingerprint density at radius 3 is 2.51 bits per heavy atom. The average molecular weight is 495 g/mol. The molecule has 1 aliphatic heterocycles. The van der Waals surface area contributed by atoms with Crippen molar-refractivity contribution in [2.45, 2.75) is 72.3 Å². The van der Waals surface area contributed by atoms with Gasteiger partial charge in [-0.2, -0.15) is 0 Å². The lowest BCUT2D eigenvalue weighted by Gasteiger charge is -2.64. The number of aromatic nitrogens is 1. The number of ketones is 1. The van der Waals surface area contributed by atoms with Crippen LogP contribution >= 0.6 is 12.2 Å². The number of nitrogens with zero attached hydrogens (tertiary/aromatic N) is 2.